The number of benzene rings is 2. The molecule has 7 heteroatoms. The molecule has 2 aromatic rings. The van der Waals surface area contributed by atoms with Crippen LogP contribution >= 0.6 is 11.6 Å². The van der Waals surface area contributed by atoms with E-state index in [1.54, 1.807) is 20.3 Å². The standard InChI is InChI=1S/C29H32ClNO5/c1-6-16(2)36-29(33)25-17(3)31-22-14-19(18-10-12-20(30)13-11-18)15-23(32)27(22)26(25)21-8-7-9-24(34-4)28(21)35-5/h7-13,16,19,26,31H,6,14-15H2,1-5H3. The van der Waals surface area contributed by atoms with Crippen LogP contribution in [-0.4, -0.2) is 32.1 Å². The van der Waals surface area contributed by atoms with Gasteiger partial charge in [-0.1, -0.05) is 42.8 Å². The predicted octanol–water partition coefficient (Wildman–Crippen LogP) is 6.06. The molecular weight excluding hydrogens is 478 g/mol. The molecule has 0 amide bonds. The molecule has 1 heterocycles. The Morgan fingerprint density at radius 3 is 2.47 bits per heavy atom. The molecule has 3 unspecified atom stereocenters. The van der Waals surface area contributed by atoms with E-state index in [0.717, 1.165) is 11.3 Å². The van der Waals surface area contributed by atoms with Gasteiger partial charge in [-0.3, -0.25) is 4.79 Å². The number of esters is 1. The van der Waals surface area contributed by atoms with Gasteiger partial charge in [0.25, 0.3) is 0 Å². The van der Waals surface area contributed by atoms with Crippen molar-refractivity contribution in [3.8, 4) is 11.5 Å². The Balaban J connectivity index is 1.85. The van der Waals surface area contributed by atoms with Crippen LogP contribution in [0.5, 0.6) is 11.5 Å². The van der Waals surface area contributed by atoms with Crippen LogP contribution in [0.3, 0.4) is 0 Å². The second-order valence-electron chi connectivity index (χ2n) is 9.28. The maximum absolute atomic E-state index is 13.8. The van der Waals surface area contributed by atoms with Gasteiger partial charge in [0.05, 0.1) is 31.8 Å². The van der Waals surface area contributed by atoms with Gasteiger partial charge in [-0.15, -0.1) is 0 Å². The fraction of sp³-hybridized carbons (Fsp3) is 0.379. The fourth-order valence-corrected chi connectivity index (χ4v) is 5.19. The zero-order valence-corrected chi connectivity index (χ0v) is 22.1. The van der Waals surface area contributed by atoms with Crippen LogP contribution in [0, 0.1) is 0 Å². The van der Waals surface area contributed by atoms with Gasteiger partial charge >= 0.3 is 5.97 Å². The van der Waals surface area contributed by atoms with Crippen molar-refractivity contribution < 1.29 is 23.8 Å². The Kier molecular flexibility index (Phi) is 7.74. The number of rotatable bonds is 7. The second-order valence-corrected chi connectivity index (χ2v) is 9.71. The largest absolute Gasteiger partial charge is 0.493 e. The van der Waals surface area contributed by atoms with E-state index in [1.165, 1.54) is 0 Å². The first kappa shape index (κ1) is 25.8. The third-order valence-corrected chi connectivity index (χ3v) is 7.27. The number of hydrogen-bond donors (Lipinski definition) is 1. The quantitative estimate of drug-likeness (QED) is 0.457. The number of dihydropyridines is 1. The number of Topliss-reactive ketones (excluding diaryl/α,β-unsaturated/α-hetero) is 1. The lowest BCUT2D eigenvalue weighted by Crippen LogP contribution is -2.36. The van der Waals surface area contributed by atoms with Gasteiger partial charge < -0.3 is 19.5 Å². The number of hydrogen-bond acceptors (Lipinski definition) is 6. The average Bonchev–Trinajstić information content (AvgIpc) is 2.87. The van der Waals surface area contributed by atoms with Crippen LogP contribution in [0.1, 0.15) is 63.0 Å². The molecule has 0 saturated carbocycles. The van der Waals surface area contributed by atoms with Crippen molar-refractivity contribution in [2.75, 3.05) is 14.2 Å². The molecule has 0 aromatic heterocycles. The second kappa shape index (κ2) is 10.8. The van der Waals surface area contributed by atoms with Crippen molar-refractivity contribution >= 4 is 23.4 Å². The Labute approximate surface area is 217 Å². The highest BCUT2D eigenvalue weighted by molar-refractivity contribution is 6.30. The summed E-state index contributed by atoms with van der Waals surface area (Å²) in [6, 6.07) is 13.1. The van der Waals surface area contributed by atoms with Crippen LogP contribution < -0.4 is 14.8 Å². The summed E-state index contributed by atoms with van der Waals surface area (Å²) in [4.78, 5) is 27.3. The highest BCUT2D eigenvalue weighted by Gasteiger charge is 2.43. The Bertz CT molecular complexity index is 1230. The Hall–Kier alpha value is -3.25. The van der Waals surface area contributed by atoms with Crippen molar-refractivity contribution in [3.05, 3.63) is 81.2 Å². The molecule has 1 N–H and O–H groups in total. The molecule has 36 heavy (non-hydrogen) atoms. The minimum Gasteiger partial charge on any atom is -0.493 e. The van der Waals surface area contributed by atoms with Crippen LogP contribution in [-0.2, 0) is 14.3 Å². The van der Waals surface area contributed by atoms with Gasteiger partial charge in [-0.05, 0) is 56.4 Å². The Morgan fingerprint density at radius 1 is 1.11 bits per heavy atom. The molecule has 2 aromatic carbocycles. The zero-order chi connectivity index (χ0) is 26.0. The lowest BCUT2D eigenvalue weighted by molar-refractivity contribution is -0.144. The van der Waals surface area contributed by atoms with E-state index < -0.39 is 11.9 Å². The number of halogens is 1. The van der Waals surface area contributed by atoms with E-state index in [4.69, 9.17) is 25.8 Å². The number of ketones is 1. The van der Waals surface area contributed by atoms with Gasteiger partial charge in [0.2, 0.25) is 0 Å². The van der Waals surface area contributed by atoms with E-state index in [9.17, 15) is 9.59 Å². The van der Waals surface area contributed by atoms with E-state index in [1.807, 2.05) is 57.2 Å². The third kappa shape index (κ3) is 4.87. The summed E-state index contributed by atoms with van der Waals surface area (Å²) in [7, 11) is 3.13. The van der Waals surface area contributed by atoms with Gasteiger partial charge in [0.1, 0.15) is 0 Å². The molecule has 0 spiro atoms. The molecule has 1 aliphatic heterocycles. The van der Waals surface area contributed by atoms with E-state index in [2.05, 4.69) is 5.32 Å². The summed E-state index contributed by atoms with van der Waals surface area (Å²) < 4.78 is 17.0. The highest BCUT2D eigenvalue weighted by Crippen LogP contribution is 2.49. The van der Waals surface area contributed by atoms with Crippen LogP contribution in [0.25, 0.3) is 0 Å². The number of ether oxygens (including phenoxy) is 3. The minimum absolute atomic E-state index is 0.00952. The average molecular weight is 510 g/mol. The smallest absolute Gasteiger partial charge is 0.337 e. The predicted molar refractivity (Wildman–Crippen MR) is 139 cm³/mol. The van der Waals surface area contributed by atoms with E-state index in [0.29, 0.717) is 58.2 Å². The lowest BCUT2D eigenvalue weighted by Gasteiger charge is -2.37. The maximum atomic E-state index is 13.8. The van der Waals surface area contributed by atoms with Gasteiger partial charge in [0, 0.05) is 34.0 Å². The fourth-order valence-electron chi connectivity index (χ4n) is 5.06. The molecule has 4 rings (SSSR count). The van der Waals surface area contributed by atoms with Gasteiger partial charge in [-0.25, -0.2) is 4.79 Å². The molecule has 6 nitrogen and oxygen atoms in total. The summed E-state index contributed by atoms with van der Waals surface area (Å²) in [5, 5.41) is 4.04. The number of allylic oxidation sites excluding steroid dienone is 3. The molecule has 0 saturated heterocycles. The van der Waals surface area contributed by atoms with Crippen LogP contribution in [0.4, 0.5) is 0 Å². The first-order valence-corrected chi connectivity index (χ1v) is 12.6. The number of carbonyl (C=O) groups excluding carboxylic acids is 2. The number of para-hydroxylation sites is 1. The lowest BCUT2D eigenvalue weighted by atomic mass is 9.71. The molecule has 0 radical (unpaired) electrons. The Morgan fingerprint density at radius 2 is 1.83 bits per heavy atom. The van der Waals surface area contributed by atoms with Crippen molar-refractivity contribution in [1.82, 2.24) is 5.32 Å². The van der Waals surface area contributed by atoms with Gasteiger partial charge in [-0.2, -0.15) is 0 Å². The van der Waals surface area contributed by atoms with Crippen LogP contribution in [0.15, 0.2) is 65.0 Å². The van der Waals surface area contributed by atoms with Crippen molar-refractivity contribution in [1.29, 1.82) is 0 Å². The summed E-state index contributed by atoms with van der Waals surface area (Å²) in [5.74, 6) is -0.0570. The van der Waals surface area contributed by atoms with E-state index >= 15 is 0 Å². The van der Waals surface area contributed by atoms with Crippen molar-refractivity contribution in [2.24, 2.45) is 0 Å². The monoisotopic (exact) mass is 509 g/mol. The molecule has 0 fully saturated rings. The zero-order valence-electron chi connectivity index (χ0n) is 21.3. The third-order valence-electron chi connectivity index (χ3n) is 7.02. The summed E-state index contributed by atoms with van der Waals surface area (Å²) in [6.07, 6.45) is 1.40. The first-order valence-electron chi connectivity index (χ1n) is 12.2. The highest BCUT2D eigenvalue weighted by atomic mass is 35.5. The molecule has 0 bridgehead atoms. The van der Waals surface area contributed by atoms with Crippen molar-refractivity contribution in [2.45, 2.75) is 58.0 Å². The molecule has 2 aliphatic rings. The van der Waals surface area contributed by atoms with Crippen molar-refractivity contribution in [3.63, 3.8) is 0 Å². The SMILES string of the molecule is CCC(C)OC(=O)C1=C(C)NC2=C(C(=O)CC(c3ccc(Cl)cc3)C2)C1c1cccc(OC)c1OC. The number of methoxy groups -OCH3 is 2. The van der Waals surface area contributed by atoms with Crippen LogP contribution in [0.2, 0.25) is 5.02 Å². The molecule has 190 valence electrons. The summed E-state index contributed by atoms with van der Waals surface area (Å²) in [5.41, 5.74) is 4.23. The topological polar surface area (TPSA) is 73.9 Å². The molecular formula is C29H32ClNO5. The summed E-state index contributed by atoms with van der Waals surface area (Å²) >= 11 is 6.08. The summed E-state index contributed by atoms with van der Waals surface area (Å²) in [6.45, 7) is 5.68. The van der Waals surface area contributed by atoms with E-state index in [-0.39, 0.29) is 17.8 Å². The number of nitrogens with one attached hydrogen (secondary N) is 1. The molecule has 1 aliphatic carbocycles. The molecule has 3 atom stereocenters. The first-order chi connectivity index (χ1) is 17.3. The maximum Gasteiger partial charge on any atom is 0.337 e. The van der Waals surface area contributed by atoms with Gasteiger partial charge in [0.15, 0.2) is 17.3 Å². The normalized spacial score (nSPS) is 20.4. The minimum atomic E-state index is -0.637. The number of carbonyl (C=O) groups is 2.